The number of carbonyl (C=O) groups is 2. The standard InChI is InChI=1S/C15H20N4O2.2ClH/c1-2-6-19-7-5-11-8-12(3-4-13(11)19)18-15(21)10-17-14(20)9-16;;/h3-5,7-8H,2,6,9-10,16H2,1H3,(H,17,20)(H,18,21);2*1H. The third kappa shape index (κ3) is 5.74. The number of fused-ring (bicyclic) bond motifs is 1. The number of nitrogens with one attached hydrogen (secondary N) is 2. The van der Waals surface area contributed by atoms with Crippen LogP contribution in [0, 0.1) is 0 Å². The van der Waals surface area contributed by atoms with Gasteiger partial charge in [-0.2, -0.15) is 0 Å². The van der Waals surface area contributed by atoms with Crippen molar-refractivity contribution in [2.45, 2.75) is 19.9 Å². The number of aryl methyl sites for hydroxylation is 1. The predicted octanol–water partition coefficient (Wildman–Crippen LogP) is 1.91. The number of halogens is 2. The highest BCUT2D eigenvalue weighted by Gasteiger charge is 2.06. The number of benzene rings is 1. The molecular formula is C15H22Cl2N4O2. The van der Waals surface area contributed by atoms with Crippen LogP contribution in [0.15, 0.2) is 30.5 Å². The van der Waals surface area contributed by atoms with Crippen LogP contribution < -0.4 is 16.4 Å². The molecule has 1 aromatic carbocycles. The summed E-state index contributed by atoms with van der Waals surface area (Å²) in [7, 11) is 0. The SMILES string of the molecule is CCCn1ccc2cc(NC(=O)CNC(=O)CN)ccc21.Cl.Cl. The Bertz CT molecular complexity index is 658. The lowest BCUT2D eigenvalue weighted by Gasteiger charge is -2.07. The normalized spacial score (nSPS) is 9.65. The van der Waals surface area contributed by atoms with Gasteiger partial charge in [0.15, 0.2) is 0 Å². The van der Waals surface area contributed by atoms with Gasteiger partial charge in [-0.3, -0.25) is 9.59 Å². The van der Waals surface area contributed by atoms with Crippen molar-refractivity contribution < 1.29 is 9.59 Å². The van der Waals surface area contributed by atoms with Gasteiger partial charge in [-0.15, -0.1) is 24.8 Å². The van der Waals surface area contributed by atoms with E-state index in [0.717, 1.165) is 23.9 Å². The van der Waals surface area contributed by atoms with Gasteiger partial charge in [0, 0.05) is 29.3 Å². The number of nitrogens with zero attached hydrogens (tertiary/aromatic N) is 1. The molecule has 0 aliphatic heterocycles. The number of aromatic nitrogens is 1. The zero-order valence-corrected chi connectivity index (χ0v) is 14.5. The fourth-order valence-electron chi connectivity index (χ4n) is 2.17. The summed E-state index contributed by atoms with van der Waals surface area (Å²) >= 11 is 0. The minimum atomic E-state index is -0.350. The van der Waals surface area contributed by atoms with Crippen LogP contribution in [0.4, 0.5) is 5.69 Å². The van der Waals surface area contributed by atoms with Crippen LogP contribution >= 0.6 is 24.8 Å². The summed E-state index contributed by atoms with van der Waals surface area (Å²) < 4.78 is 2.18. The van der Waals surface area contributed by atoms with Crippen LogP contribution in [0.5, 0.6) is 0 Å². The molecule has 0 radical (unpaired) electrons. The molecule has 0 bridgehead atoms. The highest BCUT2D eigenvalue weighted by atomic mass is 35.5. The van der Waals surface area contributed by atoms with Crippen LogP contribution in [0.2, 0.25) is 0 Å². The average molecular weight is 361 g/mol. The molecule has 0 aliphatic rings. The monoisotopic (exact) mass is 360 g/mol. The van der Waals surface area contributed by atoms with Gasteiger partial charge < -0.3 is 20.9 Å². The molecule has 0 aliphatic carbocycles. The van der Waals surface area contributed by atoms with Gasteiger partial charge >= 0.3 is 0 Å². The molecule has 0 saturated heterocycles. The second kappa shape index (κ2) is 10.1. The first-order valence-corrected chi connectivity index (χ1v) is 6.99. The molecule has 1 aromatic heterocycles. The molecule has 8 heteroatoms. The van der Waals surface area contributed by atoms with Gasteiger partial charge in [0.05, 0.1) is 13.1 Å². The topological polar surface area (TPSA) is 89.2 Å². The summed E-state index contributed by atoms with van der Waals surface area (Å²) in [5, 5.41) is 6.26. The highest BCUT2D eigenvalue weighted by molar-refractivity contribution is 5.96. The molecule has 4 N–H and O–H groups in total. The summed E-state index contributed by atoms with van der Waals surface area (Å²) in [4.78, 5) is 22.7. The van der Waals surface area contributed by atoms with Crippen molar-refractivity contribution in [2.24, 2.45) is 5.73 Å². The van der Waals surface area contributed by atoms with E-state index in [9.17, 15) is 9.59 Å². The summed E-state index contributed by atoms with van der Waals surface area (Å²) in [5.74, 6) is -0.624. The highest BCUT2D eigenvalue weighted by Crippen LogP contribution is 2.20. The van der Waals surface area contributed by atoms with Crippen molar-refractivity contribution in [2.75, 3.05) is 18.4 Å². The maximum Gasteiger partial charge on any atom is 0.243 e. The van der Waals surface area contributed by atoms with Crippen molar-refractivity contribution >= 4 is 53.2 Å². The number of nitrogens with two attached hydrogens (primary N) is 1. The molecule has 6 nitrogen and oxygen atoms in total. The number of hydrogen-bond acceptors (Lipinski definition) is 3. The number of rotatable bonds is 6. The lowest BCUT2D eigenvalue weighted by Crippen LogP contribution is -2.36. The van der Waals surface area contributed by atoms with E-state index in [1.165, 1.54) is 0 Å². The fourth-order valence-corrected chi connectivity index (χ4v) is 2.17. The molecule has 0 fully saturated rings. The van der Waals surface area contributed by atoms with Crippen molar-refractivity contribution in [1.29, 1.82) is 0 Å². The number of carbonyl (C=O) groups excluding carboxylic acids is 2. The van der Waals surface area contributed by atoms with Crippen molar-refractivity contribution in [1.82, 2.24) is 9.88 Å². The Kier molecular flexibility index (Phi) is 9.32. The second-order valence-electron chi connectivity index (χ2n) is 4.81. The van der Waals surface area contributed by atoms with E-state index in [1.807, 2.05) is 30.5 Å². The molecule has 2 rings (SSSR count). The van der Waals surface area contributed by atoms with E-state index >= 15 is 0 Å². The first-order chi connectivity index (χ1) is 10.1. The number of hydrogen-bond donors (Lipinski definition) is 3. The maximum atomic E-state index is 11.7. The average Bonchev–Trinajstić information content (AvgIpc) is 2.87. The van der Waals surface area contributed by atoms with E-state index in [-0.39, 0.29) is 49.7 Å². The molecule has 0 spiro atoms. The molecular weight excluding hydrogens is 339 g/mol. The van der Waals surface area contributed by atoms with Crippen LogP contribution in [0.1, 0.15) is 13.3 Å². The summed E-state index contributed by atoms with van der Waals surface area (Å²) in [6, 6.07) is 7.79. The summed E-state index contributed by atoms with van der Waals surface area (Å²) in [6.07, 6.45) is 3.12. The summed E-state index contributed by atoms with van der Waals surface area (Å²) in [6.45, 7) is 2.91. The molecule has 23 heavy (non-hydrogen) atoms. The first kappa shape index (κ1) is 21.2. The Morgan fingerprint density at radius 1 is 1.17 bits per heavy atom. The van der Waals surface area contributed by atoms with E-state index in [1.54, 1.807) is 0 Å². The molecule has 1 heterocycles. The van der Waals surface area contributed by atoms with Crippen molar-refractivity contribution in [3.05, 3.63) is 30.5 Å². The Morgan fingerprint density at radius 3 is 2.57 bits per heavy atom. The summed E-state index contributed by atoms with van der Waals surface area (Å²) in [5.41, 5.74) is 7.01. The lowest BCUT2D eigenvalue weighted by molar-refractivity contribution is -0.123. The number of anilines is 1. The van der Waals surface area contributed by atoms with Gasteiger partial charge in [-0.25, -0.2) is 0 Å². The third-order valence-electron chi connectivity index (χ3n) is 3.15. The van der Waals surface area contributed by atoms with E-state index < -0.39 is 0 Å². The number of amides is 2. The van der Waals surface area contributed by atoms with Gasteiger partial charge in [-0.05, 0) is 30.7 Å². The molecule has 0 unspecified atom stereocenters. The van der Waals surface area contributed by atoms with Gasteiger partial charge in [0.1, 0.15) is 0 Å². The van der Waals surface area contributed by atoms with E-state index in [2.05, 4.69) is 22.1 Å². The Labute approximate surface area is 147 Å². The van der Waals surface area contributed by atoms with Crippen LogP contribution in [0.25, 0.3) is 10.9 Å². The minimum Gasteiger partial charge on any atom is -0.347 e. The first-order valence-electron chi connectivity index (χ1n) is 6.99. The molecule has 2 amide bonds. The quantitative estimate of drug-likeness (QED) is 0.734. The van der Waals surface area contributed by atoms with Gasteiger partial charge in [-0.1, -0.05) is 6.92 Å². The zero-order chi connectivity index (χ0) is 15.2. The van der Waals surface area contributed by atoms with Gasteiger partial charge in [0.2, 0.25) is 11.8 Å². The minimum absolute atomic E-state index is 0. The van der Waals surface area contributed by atoms with Crippen LogP contribution in [-0.4, -0.2) is 29.5 Å². The Morgan fingerprint density at radius 2 is 1.91 bits per heavy atom. The van der Waals surface area contributed by atoms with Crippen LogP contribution in [-0.2, 0) is 16.1 Å². The molecule has 2 aromatic rings. The molecule has 0 atom stereocenters. The van der Waals surface area contributed by atoms with E-state index in [4.69, 9.17) is 5.73 Å². The molecule has 0 saturated carbocycles. The largest absolute Gasteiger partial charge is 0.347 e. The second-order valence-corrected chi connectivity index (χ2v) is 4.81. The zero-order valence-electron chi connectivity index (χ0n) is 12.9. The third-order valence-corrected chi connectivity index (χ3v) is 3.15. The maximum absolute atomic E-state index is 11.7. The molecule has 128 valence electrons. The van der Waals surface area contributed by atoms with Crippen molar-refractivity contribution in [3.8, 4) is 0 Å². The fraction of sp³-hybridized carbons (Fsp3) is 0.333. The van der Waals surface area contributed by atoms with E-state index in [0.29, 0.717) is 5.69 Å². The van der Waals surface area contributed by atoms with Crippen molar-refractivity contribution in [3.63, 3.8) is 0 Å². The lowest BCUT2D eigenvalue weighted by atomic mass is 10.2. The van der Waals surface area contributed by atoms with Gasteiger partial charge in [0.25, 0.3) is 0 Å². The predicted molar refractivity (Wildman–Crippen MR) is 97.4 cm³/mol. The Hall–Kier alpha value is -1.76. The Balaban J connectivity index is 0.00000242. The smallest absolute Gasteiger partial charge is 0.243 e. The van der Waals surface area contributed by atoms with Crippen LogP contribution in [0.3, 0.4) is 0 Å².